The van der Waals surface area contributed by atoms with Gasteiger partial charge in [0.05, 0.1) is 4.92 Å². The topological polar surface area (TPSA) is 81.2 Å². The molecule has 0 spiro atoms. The third-order valence-corrected chi connectivity index (χ3v) is 2.91. The van der Waals surface area contributed by atoms with Gasteiger partial charge in [-0.1, -0.05) is 11.6 Å². The Hall–Kier alpha value is -2.27. The van der Waals surface area contributed by atoms with Gasteiger partial charge in [-0.2, -0.15) is 0 Å². The van der Waals surface area contributed by atoms with Gasteiger partial charge in [0.1, 0.15) is 5.69 Å². The SMILES string of the molecule is Cc1cc(Cl)ccc1Nc1ccc(N)cc1[N+](=O)[O-]. The molecule has 0 saturated heterocycles. The maximum atomic E-state index is 11.0. The lowest BCUT2D eigenvalue weighted by Crippen LogP contribution is -1.99. The molecule has 0 aliphatic rings. The second-order valence-electron chi connectivity index (χ2n) is 4.12. The fourth-order valence-electron chi connectivity index (χ4n) is 1.72. The molecule has 0 heterocycles. The highest BCUT2D eigenvalue weighted by molar-refractivity contribution is 6.30. The van der Waals surface area contributed by atoms with Gasteiger partial charge in [-0.3, -0.25) is 10.1 Å². The zero-order valence-electron chi connectivity index (χ0n) is 10.2. The lowest BCUT2D eigenvalue weighted by Gasteiger charge is -2.10. The van der Waals surface area contributed by atoms with Gasteiger partial charge in [0.2, 0.25) is 0 Å². The third kappa shape index (κ3) is 2.95. The molecule has 0 amide bonds. The van der Waals surface area contributed by atoms with E-state index < -0.39 is 4.92 Å². The summed E-state index contributed by atoms with van der Waals surface area (Å²) in [6, 6.07) is 9.81. The molecular weight excluding hydrogens is 266 g/mol. The molecule has 0 fully saturated rings. The van der Waals surface area contributed by atoms with E-state index >= 15 is 0 Å². The average Bonchev–Trinajstić information content (AvgIpc) is 2.34. The summed E-state index contributed by atoms with van der Waals surface area (Å²) in [5, 5.41) is 14.6. The van der Waals surface area contributed by atoms with E-state index in [-0.39, 0.29) is 5.69 Å². The quantitative estimate of drug-likeness (QED) is 0.507. The van der Waals surface area contributed by atoms with Gasteiger partial charge in [0.15, 0.2) is 0 Å². The Morgan fingerprint density at radius 2 is 1.89 bits per heavy atom. The number of nitrogens with zero attached hydrogens (tertiary/aromatic N) is 1. The van der Waals surface area contributed by atoms with Crippen molar-refractivity contribution in [3.8, 4) is 0 Å². The second-order valence-corrected chi connectivity index (χ2v) is 4.55. The molecule has 0 aliphatic carbocycles. The van der Waals surface area contributed by atoms with Crippen LogP contribution >= 0.6 is 11.6 Å². The van der Waals surface area contributed by atoms with Crippen molar-refractivity contribution < 1.29 is 4.92 Å². The van der Waals surface area contributed by atoms with Gasteiger partial charge in [-0.05, 0) is 42.8 Å². The van der Waals surface area contributed by atoms with Crippen LogP contribution in [0.15, 0.2) is 36.4 Å². The maximum absolute atomic E-state index is 11.0. The lowest BCUT2D eigenvalue weighted by atomic mass is 10.2. The van der Waals surface area contributed by atoms with E-state index in [0.717, 1.165) is 11.3 Å². The lowest BCUT2D eigenvalue weighted by molar-refractivity contribution is -0.383. The first-order valence-electron chi connectivity index (χ1n) is 5.54. The van der Waals surface area contributed by atoms with Crippen LogP contribution in [0.5, 0.6) is 0 Å². The summed E-state index contributed by atoms with van der Waals surface area (Å²) in [5.74, 6) is 0. The average molecular weight is 278 g/mol. The first-order valence-corrected chi connectivity index (χ1v) is 5.92. The summed E-state index contributed by atoms with van der Waals surface area (Å²) < 4.78 is 0. The maximum Gasteiger partial charge on any atom is 0.294 e. The van der Waals surface area contributed by atoms with Crippen molar-refractivity contribution in [1.82, 2.24) is 0 Å². The number of nitro benzene ring substituents is 1. The highest BCUT2D eigenvalue weighted by Gasteiger charge is 2.14. The fraction of sp³-hybridized carbons (Fsp3) is 0.0769. The van der Waals surface area contributed by atoms with E-state index in [9.17, 15) is 10.1 Å². The first-order chi connectivity index (χ1) is 8.97. The van der Waals surface area contributed by atoms with Crippen molar-refractivity contribution in [3.63, 3.8) is 0 Å². The molecule has 0 bridgehead atoms. The smallest absolute Gasteiger partial charge is 0.294 e. The summed E-state index contributed by atoms with van der Waals surface area (Å²) in [4.78, 5) is 10.5. The van der Waals surface area contributed by atoms with Gasteiger partial charge in [-0.25, -0.2) is 0 Å². The Morgan fingerprint density at radius 1 is 1.21 bits per heavy atom. The molecule has 0 atom stereocenters. The van der Waals surface area contributed by atoms with Crippen LogP contribution in [0.4, 0.5) is 22.7 Å². The molecule has 2 aromatic rings. The van der Waals surface area contributed by atoms with Crippen molar-refractivity contribution in [2.75, 3.05) is 11.1 Å². The van der Waals surface area contributed by atoms with E-state index in [1.807, 2.05) is 6.92 Å². The van der Waals surface area contributed by atoms with Crippen molar-refractivity contribution in [1.29, 1.82) is 0 Å². The fourth-order valence-corrected chi connectivity index (χ4v) is 1.94. The number of rotatable bonds is 3. The van der Waals surface area contributed by atoms with Gasteiger partial charge in [-0.15, -0.1) is 0 Å². The molecule has 0 unspecified atom stereocenters. The number of nitrogens with one attached hydrogen (secondary N) is 1. The number of aryl methyl sites for hydroxylation is 1. The largest absolute Gasteiger partial charge is 0.399 e. The zero-order valence-corrected chi connectivity index (χ0v) is 10.9. The molecule has 2 rings (SSSR count). The monoisotopic (exact) mass is 277 g/mol. The minimum absolute atomic E-state index is 0.0608. The highest BCUT2D eigenvalue weighted by Crippen LogP contribution is 2.31. The van der Waals surface area contributed by atoms with Crippen molar-refractivity contribution >= 4 is 34.4 Å². The number of halogens is 1. The molecule has 3 N–H and O–H groups in total. The van der Waals surface area contributed by atoms with E-state index in [0.29, 0.717) is 16.4 Å². The number of anilines is 3. The number of hydrogen-bond acceptors (Lipinski definition) is 4. The molecule has 6 heteroatoms. The third-order valence-electron chi connectivity index (χ3n) is 2.68. The number of hydrogen-bond donors (Lipinski definition) is 2. The minimum Gasteiger partial charge on any atom is -0.399 e. The molecule has 5 nitrogen and oxygen atoms in total. The summed E-state index contributed by atoms with van der Waals surface area (Å²) in [7, 11) is 0. The Kier molecular flexibility index (Phi) is 3.57. The molecule has 19 heavy (non-hydrogen) atoms. The molecule has 98 valence electrons. The highest BCUT2D eigenvalue weighted by atomic mass is 35.5. The van der Waals surface area contributed by atoms with E-state index in [1.54, 1.807) is 30.3 Å². The first kappa shape index (κ1) is 13.2. The number of nitrogen functional groups attached to an aromatic ring is 1. The van der Waals surface area contributed by atoms with Crippen LogP contribution < -0.4 is 11.1 Å². The Balaban J connectivity index is 2.40. The number of benzene rings is 2. The van der Waals surface area contributed by atoms with Gasteiger partial charge >= 0.3 is 0 Å². The molecular formula is C13H12ClN3O2. The summed E-state index contributed by atoms with van der Waals surface area (Å²) in [6.45, 7) is 1.87. The predicted molar refractivity (Wildman–Crippen MR) is 77.0 cm³/mol. The van der Waals surface area contributed by atoms with E-state index in [2.05, 4.69) is 5.32 Å². The van der Waals surface area contributed by atoms with Crippen LogP contribution in [0.1, 0.15) is 5.56 Å². The normalized spacial score (nSPS) is 10.2. The molecule has 2 aromatic carbocycles. The van der Waals surface area contributed by atoms with Crippen molar-refractivity contribution in [2.45, 2.75) is 6.92 Å². The zero-order chi connectivity index (χ0) is 14.0. The molecule has 0 radical (unpaired) electrons. The van der Waals surface area contributed by atoms with Crippen LogP contribution in [0, 0.1) is 17.0 Å². The van der Waals surface area contributed by atoms with Crippen LogP contribution in [-0.2, 0) is 0 Å². The molecule has 0 aromatic heterocycles. The predicted octanol–water partition coefficient (Wildman–Crippen LogP) is 3.88. The summed E-state index contributed by atoms with van der Waals surface area (Å²) >= 11 is 5.87. The summed E-state index contributed by atoms with van der Waals surface area (Å²) in [6.07, 6.45) is 0. The molecule has 0 saturated carbocycles. The van der Waals surface area contributed by atoms with Crippen molar-refractivity contribution in [3.05, 3.63) is 57.1 Å². The van der Waals surface area contributed by atoms with Gasteiger partial charge in [0.25, 0.3) is 5.69 Å². The second kappa shape index (κ2) is 5.16. The van der Waals surface area contributed by atoms with Crippen LogP contribution in [0.25, 0.3) is 0 Å². The number of nitro groups is 1. The van der Waals surface area contributed by atoms with E-state index in [4.69, 9.17) is 17.3 Å². The number of nitrogens with two attached hydrogens (primary N) is 1. The van der Waals surface area contributed by atoms with Crippen molar-refractivity contribution in [2.24, 2.45) is 0 Å². The summed E-state index contributed by atoms with van der Waals surface area (Å²) in [5.41, 5.74) is 7.91. The van der Waals surface area contributed by atoms with Crippen LogP contribution in [0.2, 0.25) is 5.02 Å². The van der Waals surface area contributed by atoms with Gasteiger partial charge in [0, 0.05) is 22.5 Å². The van der Waals surface area contributed by atoms with Crippen LogP contribution in [-0.4, -0.2) is 4.92 Å². The standard InChI is InChI=1S/C13H12ClN3O2/c1-8-6-9(14)2-4-11(8)16-12-5-3-10(15)7-13(12)17(18)19/h2-7,16H,15H2,1H3. The van der Waals surface area contributed by atoms with E-state index in [1.165, 1.54) is 6.07 Å². The Labute approximate surface area is 115 Å². The minimum atomic E-state index is -0.468. The Morgan fingerprint density at radius 3 is 2.53 bits per heavy atom. The van der Waals surface area contributed by atoms with Crippen LogP contribution in [0.3, 0.4) is 0 Å². The Bertz CT molecular complexity index is 644. The molecule has 0 aliphatic heterocycles. The van der Waals surface area contributed by atoms with Gasteiger partial charge < -0.3 is 11.1 Å².